The molecular weight excluding hydrogens is 677 g/mol. The molecule has 0 saturated carbocycles. The fourth-order valence-electron chi connectivity index (χ4n) is 6.27. The highest BCUT2D eigenvalue weighted by atomic mass is 32.2. The lowest BCUT2D eigenvalue weighted by Crippen LogP contribution is -2.35. The van der Waals surface area contributed by atoms with Crippen LogP contribution in [0.5, 0.6) is 11.5 Å². The molecule has 0 amide bonds. The molecule has 0 aromatic heterocycles. The molecule has 0 aliphatic rings. The molecule has 0 fully saturated rings. The van der Waals surface area contributed by atoms with Crippen molar-refractivity contribution in [3.05, 3.63) is 149 Å². The molecule has 5 rings (SSSR count). The fourth-order valence-corrected chi connectivity index (χ4v) is 6.83. The van der Waals surface area contributed by atoms with E-state index in [2.05, 4.69) is 10.0 Å². The molecular formula is C42H46N2O7S. The highest BCUT2D eigenvalue weighted by Crippen LogP contribution is 2.33. The van der Waals surface area contributed by atoms with Gasteiger partial charge in [-0.1, -0.05) is 91.0 Å². The monoisotopic (exact) mass is 722 g/mol. The number of carboxylic acids is 1. The van der Waals surface area contributed by atoms with Crippen molar-refractivity contribution in [2.24, 2.45) is 0 Å². The van der Waals surface area contributed by atoms with E-state index in [1.165, 1.54) is 0 Å². The minimum Gasteiger partial charge on any atom is -0.492 e. The quantitative estimate of drug-likeness (QED) is 0.0729. The standard InChI is InChI=1S/C42H46N2O7S/c1-28-23-36(24-29(2)40(28)34-17-15-33(16-18-34)37(42(46)47)25-31-11-7-5-8-12-31)50-22-21-43-30(3)41(45)35-19-20-39(38(26-35)44-52(4,48)49)51-27-32-13-9-6-10-14-32/h5-20,23-24,26,30,37,41,43-45H,21-22,25,27H2,1-4H3,(H,46,47)/t30-,37?,41+/m0/s1. The van der Waals surface area contributed by atoms with Crippen molar-refractivity contribution in [3.8, 4) is 22.6 Å². The molecule has 9 nitrogen and oxygen atoms in total. The first-order valence-corrected chi connectivity index (χ1v) is 19.1. The van der Waals surface area contributed by atoms with Gasteiger partial charge in [0.25, 0.3) is 0 Å². The van der Waals surface area contributed by atoms with Crippen LogP contribution in [0.1, 0.15) is 52.3 Å². The number of sulfonamides is 1. The molecule has 0 saturated heterocycles. The van der Waals surface area contributed by atoms with Crippen LogP contribution in [0.25, 0.3) is 11.1 Å². The number of aliphatic hydroxyl groups is 1. The van der Waals surface area contributed by atoms with E-state index in [1.54, 1.807) is 18.2 Å². The van der Waals surface area contributed by atoms with Crippen LogP contribution in [0.3, 0.4) is 0 Å². The molecule has 0 aliphatic carbocycles. The second-order valence-electron chi connectivity index (χ2n) is 13.1. The molecule has 1 unspecified atom stereocenters. The van der Waals surface area contributed by atoms with Crippen LogP contribution in [0.15, 0.2) is 115 Å². The zero-order valence-electron chi connectivity index (χ0n) is 29.9. The van der Waals surface area contributed by atoms with Crippen LogP contribution in [0.2, 0.25) is 0 Å². The fraction of sp³-hybridized carbons (Fsp3) is 0.262. The molecule has 0 radical (unpaired) electrons. The molecule has 3 atom stereocenters. The van der Waals surface area contributed by atoms with Crippen LogP contribution >= 0.6 is 0 Å². The molecule has 0 spiro atoms. The average Bonchev–Trinajstić information content (AvgIpc) is 3.11. The Hall–Kier alpha value is -5.16. The number of hydrogen-bond donors (Lipinski definition) is 4. The van der Waals surface area contributed by atoms with Crippen LogP contribution in [0, 0.1) is 13.8 Å². The topological polar surface area (TPSA) is 134 Å². The molecule has 10 heteroatoms. The second-order valence-corrected chi connectivity index (χ2v) is 14.8. The van der Waals surface area contributed by atoms with Gasteiger partial charge in [-0.3, -0.25) is 9.52 Å². The van der Waals surface area contributed by atoms with Gasteiger partial charge in [-0.2, -0.15) is 0 Å². The zero-order valence-corrected chi connectivity index (χ0v) is 30.7. The summed E-state index contributed by atoms with van der Waals surface area (Å²) in [4.78, 5) is 12.1. The van der Waals surface area contributed by atoms with Gasteiger partial charge in [-0.15, -0.1) is 0 Å². The van der Waals surface area contributed by atoms with E-state index in [4.69, 9.17) is 9.47 Å². The summed E-state index contributed by atoms with van der Waals surface area (Å²) in [5.41, 5.74) is 7.62. The number of aliphatic carboxylic acids is 1. The van der Waals surface area contributed by atoms with Gasteiger partial charge in [0.05, 0.1) is 24.0 Å². The number of aliphatic hydroxyl groups excluding tert-OH is 1. The van der Waals surface area contributed by atoms with E-state index in [0.29, 0.717) is 30.9 Å². The van der Waals surface area contributed by atoms with Crippen LogP contribution in [-0.2, 0) is 27.8 Å². The molecule has 5 aromatic rings. The van der Waals surface area contributed by atoms with Gasteiger partial charge in [-0.05, 0) is 96.0 Å². The largest absolute Gasteiger partial charge is 0.492 e. The van der Waals surface area contributed by atoms with Crippen molar-refractivity contribution in [3.63, 3.8) is 0 Å². The average molecular weight is 723 g/mol. The lowest BCUT2D eigenvalue weighted by molar-refractivity contribution is -0.138. The number of benzene rings is 5. The summed E-state index contributed by atoms with van der Waals surface area (Å²) >= 11 is 0. The molecule has 5 aromatic carbocycles. The van der Waals surface area contributed by atoms with E-state index in [1.807, 2.05) is 118 Å². The number of rotatable bonds is 17. The Bertz CT molecular complexity index is 2030. The molecule has 0 heterocycles. The molecule has 4 N–H and O–H groups in total. The van der Waals surface area contributed by atoms with Gasteiger partial charge in [0.15, 0.2) is 0 Å². The van der Waals surface area contributed by atoms with Crippen molar-refractivity contribution < 1.29 is 32.9 Å². The molecule has 0 aliphatic heterocycles. The van der Waals surface area contributed by atoms with Gasteiger partial charge in [0.2, 0.25) is 10.0 Å². The molecule has 0 bridgehead atoms. The number of carboxylic acid groups (broad SMARTS) is 1. The predicted molar refractivity (Wildman–Crippen MR) is 205 cm³/mol. The summed E-state index contributed by atoms with van der Waals surface area (Å²) in [5, 5.41) is 24.4. The van der Waals surface area contributed by atoms with Crippen molar-refractivity contribution >= 4 is 21.7 Å². The Morgan fingerprint density at radius 3 is 1.98 bits per heavy atom. The summed E-state index contributed by atoms with van der Waals surface area (Å²) in [6.07, 6.45) is 0.567. The maximum absolute atomic E-state index is 12.1. The highest BCUT2D eigenvalue weighted by molar-refractivity contribution is 7.92. The van der Waals surface area contributed by atoms with E-state index in [0.717, 1.165) is 50.9 Å². The third kappa shape index (κ3) is 10.4. The predicted octanol–water partition coefficient (Wildman–Crippen LogP) is 7.42. The lowest BCUT2D eigenvalue weighted by Gasteiger charge is -2.22. The molecule has 52 heavy (non-hydrogen) atoms. The Morgan fingerprint density at radius 1 is 0.788 bits per heavy atom. The van der Waals surface area contributed by atoms with Crippen molar-refractivity contribution in [2.45, 2.75) is 51.9 Å². The Morgan fingerprint density at radius 2 is 1.38 bits per heavy atom. The molecule has 272 valence electrons. The number of carbonyl (C=O) groups is 1. The van der Waals surface area contributed by atoms with Gasteiger partial charge in [-0.25, -0.2) is 8.42 Å². The minimum atomic E-state index is -3.60. The van der Waals surface area contributed by atoms with Crippen LogP contribution in [0.4, 0.5) is 5.69 Å². The first-order valence-electron chi connectivity index (χ1n) is 17.2. The van der Waals surface area contributed by atoms with Gasteiger partial charge < -0.3 is 25.0 Å². The van der Waals surface area contributed by atoms with Crippen LogP contribution < -0.4 is 19.5 Å². The number of nitrogens with one attached hydrogen (secondary N) is 2. The minimum absolute atomic E-state index is 0.253. The number of anilines is 1. The van der Waals surface area contributed by atoms with Gasteiger partial charge >= 0.3 is 5.97 Å². The van der Waals surface area contributed by atoms with E-state index in [-0.39, 0.29) is 18.3 Å². The SMILES string of the molecule is Cc1cc(OCCN[C@@H](C)[C@@H](O)c2ccc(OCc3ccccc3)c(NS(C)(=O)=O)c2)cc(C)c1-c1ccc(C(Cc2ccccc2)C(=O)O)cc1. The first-order chi connectivity index (χ1) is 24.9. The maximum Gasteiger partial charge on any atom is 0.311 e. The number of hydrogen-bond acceptors (Lipinski definition) is 7. The summed E-state index contributed by atoms with van der Waals surface area (Å²) in [7, 11) is -3.60. The summed E-state index contributed by atoms with van der Waals surface area (Å²) in [6.45, 7) is 6.98. The van der Waals surface area contributed by atoms with Crippen molar-refractivity contribution in [1.29, 1.82) is 0 Å². The smallest absolute Gasteiger partial charge is 0.311 e. The highest BCUT2D eigenvalue weighted by Gasteiger charge is 2.22. The van der Waals surface area contributed by atoms with Crippen LogP contribution in [-0.4, -0.2) is 50.0 Å². The summed E-state index contributed by atoms with van der Waals surface area (Å²) in [5.74, 6) is -0.398. The summed E-state index contributed by atoms with van der Waals surface area (Å²) < 4.78 is 38.7. The van der Waals surface area contributed by atoms with Gasteiger partial charge in [0, 0.05) is 12.6 Å². The second kappa shape index (κ2) is 17.4. The van der Waals surface area contributed by atoms with Crippen molar-refractivity contribution in [1.82, 2.24) is 5.32 Å². The first kappa shape index (κ1) is 38.1. The third-order valence-corrected chi connectivity index (χ3v) is 9.47. The number of aryl methyl sites for hydroxylation is 2. The van der Waals surface area contributed by atoms with Gasteiger partial charge in [0.1, 0.15) is 24.7 Å². The zero-order chi connectivity index (χ0) is 37.3. The Labute approximate surface area is 306 Å². The van der Waals surface area contributed by atoms with Crippen molar-refractivity contribution in [2.75, 3.05) is 24.1 Å². The lowest BCUT2D eigenvalue weighted by atomic mass is 9.89. The summed E-state index contributed by atoms with van der Waals surface area (Å²) in [6, 6.07) is 35.6. The normalized spacial score (nSPS) is 13.2. The van der Waals surface area contributed by atoms with E-state index < -0.39 is 28.0 Å². The Balaban J connectivity index is 1.17. The number of ether oxygens (including phenoxy) is 2. The Kier molecular flexibility index (Phi) is 12.7. The van der Waals surface area contributed by atoms with E-state index >= 15 is 0 Å². The van der Waals surface area contributed by atoms with E-state index in [9.17, 15) is 23.4 Å². The maximum atomic E-state index is 12.1. The third-order valence-electron chi connectivity index (χ3n) is 8.88.